The number of nitrogens with one attached hydrogen (secondary N) is 2. The van der Waals surface area contributed by atoms with Crippen LogP contribution in [0.5, 0.6) is 0 Å². The molecular weight excluding hydrogens is 281 g/mol. The van der Waals surface area contributed by atoms with Crippen LogP contribution in [0.15, 0.2) is 30.3 Å². The summed E-state index contributed by atoms with van der Waals surface area (Å²) >= 11 is 0. The highest BCUT2D eigenvalue weighted by Crippen LogP contribution is 2.19. The Kier molecular flexibility index (Phi) is 5.78. The van der Waals surface area contributed by atoms with Gasteiger partial charge in [0, 0.05) is 18.1 Å². The lowest BCUT2D eigenvalue weighted by atomic mass is 10.0. The smallest absolute Gasteiger partial charge is 0.354 e. The van der Waals surface area contributed by atoms with Crippen molar-refractivity contribution in [1.82, 2.24) is 10.6 Å². The first-order chi connectivity index (χ1) is 9.59. The van der Waals surface area contributed by atoms with Gasteiger partial charge in [-0.1, -0.05) is 30.3 Å². The van der Waals surface area contributed by atoms with E-state index < -0.39 is 24.0 Å². The average Bonchev–Trinajstić information content (AvgIpc) is 2.35. The van der Waals surface area contributed by atoms with Gasteiger partial charge in [-0.05, 0) is 26.3 Å². The average molecular weight is 302 g/mol. The van der Waals surface area contributed by atoms with Crippen LogP contribution in [0.2, 0.25) is 0 Å². The monoisotopic (exact) mass is 302 g/mol. The molecule has 3 nitrogen and oxygen atoms in total. The van der Waals surface area contributed by atoms with Gasteiger partial charge in [0.1, 0.15) is 6.42 Å². The fourth-order valence-corrected chi connectivity index (χ4v) is 2.03. The van der Waals surface area contributed by atoms with Crippen LogP contribution >= 0.6 is 0 Å². The van der Waals surface area contributed by atoms with Crippen molar-refractivity contribution >= 4 is 5.91 Å². The molecule has 0 heterocycles. The molecule has 0 aromatic heterocycles. The number of amides is 1. The van der Waals surface area contributed by atoms with Gasteiger partial charge in [-0.25, -0.2) is 0 Å². The quantitative estimate of drug-likeness (QED) is 0.847. The van der Waals surface area contributed by atoms with E-state index in [9.17, 15) is 18.0 Å². The molecule has 118 valence electrons. The summed E-state index contributed by atoms with van der Waals surface area (Å²) in [4.78, 5) is 11.2. The Morgan fingerprint density at radius 1 is 1.19 bits per heavy atom. The van der Waals surface area contributed by atoms with Crippen molar-refractivity contribution in [3.8, 4) is 0 Å². The molecule has 1 atom stereocenters. The number of benzene rings is 1. The Balaban J connectivity index is 2.48. The summed E-state index contributed by atoms with van der Waals surface area (Å²) in [5, 5.41) is 5.61. The van der Waals surface area contributed by atoms with E-state index in [0.29, 0.717) is 0 Å². The predicted octanol–water partition coefficient (Wildman–Crippen LogP) is 3.18. The third-order valence-corrected chi connectivity index (χ3v) is 3.00. The SMILES string of the molecule is CC(NC(C)(C)CNC(=O)CC(F)(F)F)c1ccccc1. The highest BCUT2D eigenvalue weighted by atomic mass is 19.4. The molecule has 0 radical (unpaired) electrons. The van der Waals surface area contributed by atoms with E-state index in [1.54, 1.807) is 0 Å². The van der Waals surface area contributed by atoms with Crippen LogP contribution in [0, 0.1) is 0 Å². The molecule has 6 heteroatoms. The Morgan fingerprint density at radius 3 is 2.29 bits per heavy atom. The number of hydrogen-bond donors (Lipinski definition) is 2. The topological polar surface area (TPSA) is 41.1 Å². The van der Waals surface area contributed by atoms with Crippen molar-refractivity contribution in [3.63, 3.8) is 0 Å². The maximum Gasteiger partial charge on any atom is 0.397 e. The molecular formula is C15H21F3N2O. The Morgan fingerprint density at radius 2 is 1.76 bits per heavy atom. The molecule has 1 amide bonds. The molecule has 0 saturated carbocycles. The van der Waals surface area contributed by atoms with E-state index in [-0.39, 0.29) is 12.6 Å². The minimum absolute atomic E-state index is 0.0284. The van der Waals surface area contributed by atoms with Crippen molar-refractivity contribution in [2.75, 3.05) is 6.54 Å². The molecule has 0 bridgehead atoms. The van der Waals surface area contributed by atoms with Gasteiger partial charge in [-0.3, -0.25) is 4.79 Å². The standard InChI is InChI=1S/C15H21F3N2O/c1-11(12-7-5-4-6-8-12)20-14(2,3)10-19-13(21)9-15(16,17)18/h4-8,11,20H,9-10H2,1-3H3,(H,19,21). The molecule has 1 unspecified atom stereocenters. The van der Waals surface area contributed by atoms with Crippen LogP contribution in [0.3, 0.4) is 0 Å². The van der Waals surface area contributed by atoms with Crippen molar-refractivity contribution < 1.29 is 18.0 Å². The largest absolute Gasteiger partial charge is 0.397 e. The van der Waals surface area contributed by atoms with Gasteiger partial charge in [0.15, 0.2) is 0 Å². The van der Waals surface area contributed by atoms with Crippen LogP contribution in [0.25, 0.3) is 0 Å². The van der Waals surface area contributed by atoms with Crippen molar-refractivity contribution in [3.05, 3.63) is 35.9 Å². The third-order valence-electron chi connectivity index (χ3n) is 3.00. The lowest BCUT2D eigenvalue weighted by molar-refractivity contribution is -0.153. The lowest BCUT2D eigenvalue weighted by Crippen LogP contribution is -2.50. The molecule has 0 saturated heterocycles. The highest BCUT2D eigenvalue weighted by molar-refractivity contribution is 5.76. The number of hydrogen-bond acceptors (Lipinski definition) is 2. The summed E-state index contributed by atoms with van der Waals surface area (Å²) in [5.41, 5.74) is 0.559. The zero-order valence-corrected chi connectivity index (χ0v) is 12.4. The molecule has 0 spiro atoms. The Hall–Kier alpha value is -1.56. The third kappa shape index (κ3) is 7.13. The summed E-state index contributed by atoms with van der Waals surface area (Å²) in [6.07, 6.45) is -5.92. The minimum Gasteiger partial charge on any atom is -0.354 e. The second-order valence-corrected chi connectivity index (χ2v) is 5.73. The number of halogens is 3. The van der Waals surface area contributed by atoms with Gasteiger partial charge >= 0.3 is 6.18 Å². The first-order valence-corrected chi connectivity index (χ1v) is 6.75. The number of alkyl halides is 3. The van der Waals surface area contributed by atoms with Crippen molar-refractivity contribution in [2.45, 2.75) is 44.9 Å². The summed E-state index contributed by atoms with van der Waals surface area (Å²) in [5.74, 6) is -1.01. The molecule has 0 fully saturated rings. The molecule has 1 aromatic carbocycles. The van der Waals surface area contributed by atoms with Gasteiger partial charge in [0.25, 0.3) is 0 Å². The second-order valence-electron chi connectivity index (χ2n) is 5.73. The van der Waals surface area contributed by atoms with Gasteiger partial charge < -0.3 is 10.6 Å². The summed E-state index contributed by atoms with van der Waals surface area (Å²) in [7, 11) is 0. The van der Waals surface area contributed by atoms with E-state index in [1.165, 1.54) is 0 Å². The number of carbonyl (C=O) groups excluding carboxylic acids is 1. The molecule has 0 aliphatic heterocycles. The zero-order chi connectivity index (χ0) is 16.1. The van der Waals surface area contributed by atoms with Gasteiger partial charge in [-0.15, -0.1) is 0 Å². The summed E-state index contributed by atoms with van der Waals surface area (Å²) < 4.78 is 36.2. The molecule has 0 aliphatic rings. The maximum atomic E-state index is 12.1. The molecule has 21 heavy (non-hydrogen) atoms. The van der Waals surface area contributed by atoms with Crippen LogP contribution in [-0.2, 0) is 4.79 Å². The predicted molar refractivity (Wildman–Crippen MR) is 75.8 cm³/mol. The maximum absolute atomic E-state index is 12.1. The van der Waals surface area contributed by atoms with E-state index >= 15 is 0 Å². The fourth-order valence-electron chi connectivity index (χ4n) is 2.03. The molecule has 1 aromatic rings. The van der Waals surface area contributed by atoms with Crippen LogP contribution < -0.4 is 10.6 Å². The number of rotatable bonds is 6. The van der Waals surface area contributed by atoms with E-state index in [2.05, 4.69) is 10.6 Å². The van der Waals surface area contributed by atoms with Gasteiger partial charge in [-0.2, -0.15) is 13.2 Å². The van der Waals surface area contributed by atoms with Crippen molar-refractivity contribution in [1.29, 1.82) is 0 Å². The summed E-state index contributed by atoms with van der Waals surface area (Å²) in [6.45, 7) is 5.76. The Labute approximate surface area is 122 Å². The number of carbonyl (C=O) groups is 1. The van der Waals surface area contributed by atoms with E-state index in [1.807, 2.05) is 51.1 Å². The van der Waals surface area contributed by atoms with Crippen LogP contribution in [0.1, 0.15) is 38.8 Å². The lowest BCUT2D eigenvalue weighted by Gasteiger charge is -2.31. The van der Waals surface area contributed by atoms with E-state index in [0.717, 1.165) is 5.56 Å². The summed E-state index contributed by atoms with van der Waals surface area (Å²) in [6, 6.07) is 9.72. The first-order valence-electron chi connectivity index (χ1n) is 6.75. The zero-order valence-electron chi connectivity index (χ0n) is 12.4. The molecule has 1 rings (SSSR count). The van der Waals surface area contributed by atoms with Crippen LogP contribution in [-0.4, -0.2) is 24.2 Å². The normalized spacial score (nSPS) is 13.8. The highest BCUT2D eigenvalue weighted by Gasteiger charge is 2.32. The fraction of sp³-hybridized carbons (Fsp3) is 0.533. The first kappa shape index (κ1) is 17.5. The van der Waals surface area contributed by atoms with Crippen molar-refractivity contribution in [2.24, 2.45) is 0 Å². The molecule has 0 aliphatic carbocycles. The molecule has 2 N–H and O–H groups in total. The minimum atomic E-state index is -4.47. The van der Waals surface area contributed by atoms with Gasteiger partial charge in [0.2, 0.25) is 5.91 Å². The van der Waals surface area contributed by atoms with E-state index in [4.69, 9.17) is 0 Å². The second kappa shape index (κ2) is 6.93. The van der Waals surface area contributed by atoms with Gasteiger partial charge in [0.05, 0.1) is 0 Å². The Bertz CT molecular complexity index is 458. The van der Waals surface area contributed by atoms with Crippen LogP contribution in [0.4, 0.5) is 13.2 Å².